The van der Waals surface area contributed by atoms with E-state index in [1.165, 1.54) is 0 Å². The van der Waals surface area contributed by atoms with Gasteiger partial charge in [0.2, 0.25) is 0 Å². The first-order chi connectivity index (χ1) is 12.2. The molecule has 0 amide bonds. The van der Waals surface area contributed by atoms with Crippen molar-refractivity contribution in [1.29, 1.82) is 0 Å². The molecule has 2 heterocycles. The van der Waals surface area contributed by atoms with Gasteiger partial charge in [-0.2, -0.15) is 0 Å². The summed E-state index contributed by atoms with van der Waals surface area (Å²) in [5.74, 6) is 2.43. The molecule has 0 spiro atoms. The van der Waals surface area contributed by atoms with E-state index in [2.05, 4.69) is 23.3 Å². The molecule has 0 radical (unpaired) electrons. The third-order valence-corrected chi connectivity index (χ3v) is 4.29. The van der Waals surface area contributed by atoms with Crippen molar-refractivity contribution >= 4 is 11.0 Å². The van der Waals surface area contributed by atoms with E-state index < -0.39 is 0 Å². The lowest BCUT2D eigenvalue weighted by Crippen LogP contribution is -2.15. The Kier molecular flexibility index (Phi) is 3.93. The number of imidazole rings is 1. The third-order valence-electron chi connectivity index (χ3n) is 4.29. The van der Waals surface area contributed by atoms with Gasteiger partial charge in [0.25, 0.3) is 0 Å². The summed E-state index contributed by atoms with van der Waals surface area (Å²) in [5, 5.41) is 0. The van der Waals surface area contributed by atoms with Crippen LogP contribution in [0.2, 0.25) is 0 Å². The van der Waals surface area contributed by atoms with E-state index in [9.17, 15) is 0 Å². The number of nitrogens with two attached hydrogens (primary N) is 1. The van der Waals surface area contributed by atoms with Gasteiger partial charge in [0.1, 0.15) is 19.0 Å². The topological polar surface area (TPSA) is 62.3 Å². The molecular weight excluding hydrogens is 314 g/mol. The van der Waals surface area contributed by atoms with Crippen LogP contribution in [0.15, 0.2) is 48.6 Å². The monoisotopic (exact) mass is 335 g/mol. The molecule has 0 unspecified atom stereocenters. The molecule has 2 N–H and O–H groups in total. The van der Waals surface area contributed by atoms with Gasteiger partial charge in [-0.05, 0) is 12.5 Å². The summed E-state index contributed by atoms with van der Waals surface area (Å²) in [6.07, 6.45) is 0. The number of allylic oxidation sites excluding steroid dienone is 1. The molecule has 0 aliphatic carbocycles. The maximum Gasteiger partial charge on any atom is 0.163 e. The normalized spacial score (nSPS) is 13.2. The molecule has 3 aromatic rings. The number of hydrogen-bond donors (Lipinski definition) is 1. The van der Waals surface area contributed by atoms with Crippen molar-refractivity contribution in [1.82, 2.24) is 9.55 Å². The first kappa shape index (κ1) is 15.7. The highest BCUT2D eigenvalue weighted by Crippen LogP contribution is 2.36. The minimum absolute atomic E-state index is 0.532. The summed E-state index contributed by atoms with van der Waals surface area (Å²) < 4.78 is 13.6. The fourth-order valence-electron chi connectivity index (χ4n) is 3.10. The van der Waals surface area contributed by atoms with Crippen LogP contribution in [-0.4, -0.2) is 22.8 Å². The number of aromatic nitrogens is 2. The molecule has 1 aliphatic heterocycles. The molecule has 0 saturated heterocycles. The van der Waals surface area contributed by atoms with E-state index >= 15 is 0 Å². The molecule has 2 aromatic carbocycles. The Labute approximate surface area is 146 Å². The highest BCUT2D eigenvalue weighted by Gasteiger charge is 2.19. The van der Waals surface area contributed by atoms with Crippen LogP contribution in [0, 0.1) is 0 Å². The van der Waals surface area contributed by atoms with E-state index in [0.29, 0.717) is 26.3 Å². The minimum Gasteiger partial charge on any atom is -0.486 e. The number of ether oxygens (including phenoxy) is 2. The van der Waals surface area contributed by atoms with Gasteiger partial charge in [-0.3, -0.25) is 0 Å². The molecule has 128 valence electrons. The quantitative estimate of drug-likeness (QED) is 0.741. The van der Waals surface area contributed by atoms with E-state index in [0.717, 1.165) is 45.1 Å². The van der Waals surface area contributed by atoms with E-state index in [-0.39, 0.29) is 0 Å². The summed E-state index contributed by atoms with van der Waals surface area (Å²) >= 11 is 0. The van der Waals surface area contributed by atoms with Crippen LogP contribution in [0.25, 0.3) is 22.4 Å². The Morgan fingerprint density at radius 3 is 2.48 bits per heavy atom. The number of benzene rings is 2. The maximum atomic E-state index is 5.73. The van der Waals surface area contributed by atoms with Gasteiger partial charge in [-0.25, -0.2) is 4.98 Å². The van der Waals surface area contributed by atoms with Gasteiger partial charge in [0.15, 0.2) is 11.5 Å². The van der Waals surface area contributed by atoms with Crippen molar-refractivity contribution in [3.8, 4) is 22.9 Å². The molecule has 5 nitrogen and oxygen atoms in total. The Morgan fingerprint density at radius 1 is 1.16 bits per heavy atom. The molecule has 0 fully saturated rings. The summed E-state index contributed by atoms with van der Waals surface area (Å²) in [6.45, 7) is 8.45. The molecule has 1 aliphatic rings. The smallest absolute Gasteiger partial charge is 0.163 e. The van der Waals surface area contributed by atoms with Crippen molar-refractivity contribution in [2.75, 3.05) is 13.2 Å². The number of hydrogen-bond acceptors (Lipinski definition) is 4. The zero-order chi connectivity index (χ0) is 17.4. The fraction of sp³-hybridized carbons (Fsp3) is 0.250. The summed E-state index contributed by atoms with van der Waals surface area (Å²) in [7, 11) is 0. The molecule has 4 rings (SSSR count). The van der Waals surface area contributed by atoms with Crippen LogP contribution in [0.4, 0.5) is 0 Å². The van der Waals surface area contributed by atoms with E-state index in [4.69, 9.17) is 20.2 Å². The van der Waals surface area contributed by atoms with Crippen molar-refractivity contribution in [2.45, 2.75) is 20.0 Å². The first-order valence-corrected chi connectivity index (χ1v) is 8.39. The van der Waals surface area contributed by atoms with E-state index in [1.807, 2.05) is 31.2 Å². The minimum atomic E-state index is 0.532. The molecular formula is C20H21N3O2. The largest absolute Gasteiger partial charge is 0.486 e. The second-order valence-electron chi connectivity index (χ2n) is 6.36. The molecule has 0 bridgehead atoms. The van der Waals surface area contributed by atoms with E-state index in [1.54, 1.807) is 0 Å². The van der Waals surface area contributed by atoms with Crippen molar-refractivity contribution in [2.24, 2.45) is 5.73 Å². The molecule has 0 saturated carbocycles. The summed E-state index contributed by atoms with van der Waals surface area (Å²) in [6, 6.07) is 12.2. The number of nitrogens with zero attached hydrogens (tertiary/aromatic N) is 2. The average Bonchev–Trinajstić information content (AvgIpc) is 2.97. The molecule has 1 aromatic heterocycles. The van der Waals surface area contributed by atoms with Crippen LogP contribution in [-0.2, 0) is 13.1 Å². The Hall–Kier alpha value is -2.79. The third kappa shape index (κ3) is 2.87. The van der Waals surface area contributed by atoms with Crippen molar-refractivity contribution < 1.29 is 9.47 Å². The maximum absolute atomic E-state index is 5.73. The van der Waals surface area contributed by atoms with Crippen LogP contribution in [0.1, 0.15) is 12.5 Å². The van der Waals surface area contributed by atoms with Gasteiger partial charge >= 0.3 is 0 Å². The number of rotatable bonds is 4. The zero-order valence-electron chi connectivity index (χ0n) is 14.3. The fourth-order valence-corrected chi connectivity index (χ4v) is 3.10. The Morgan fingerprint density at radius 2 is 1.84 bits per heavy atom. The first-order valence-electron chi connectivity index (χ1n) is 8.39. The SMILES string of the molecule is C=C(C)Cn1c(-c2ccc(CN)cc2)nc2cc3c(cc21)OCCO3. The molecule has 5 heteroatoms. The second kappa shape index (κ2) is 6.26. The highest BCUT2D eigenvalue weighted by molar-refractivity contribution is 5.84. The lowest BCUT2D eigenvalue weighted by molar-refractivity contribution is 0.172. The van der Waals surface area contributed by atoms with Crippen LogP contribution in [0.5, 0.6) is 11.5 Å². The summed E-state index contributed by atoms with van der Waals surface area (Å²) in [4.78, 5) is 4.85. The van der Waals surface area contributed by atoms with Gasteiger partial charge < -0.3 is 19.8 Å². The second-order valence-corrected chi connectivity index (χ2v) is 6.36. The van der Waals surface area contributed by atoms with Gasteiger partial charge in [0, 0.05) is 30.8 Å². The van der Waals surface area contributed by atoms with Crippen LogP contribution in [0.3, 0.4) is 0 Å². The lowest BCUT2D eigenvalue weighted by Gasteiger charge is -2.18. The lowest BCUT2D eigenvalue weighted by atomic mass is 10.1. The number of fused-ring (bicyclic) bond motifs is 2. The average molecular weight is 335 g/mol. The van der Waals surface area contributed by atoms with Gasteiger partial charge in [-0.15, -0.1) is 0 Å². The predicted octanol–water partition coefficient (Wildman–Crippen LogP) is 3.51. The van der Waals surface area contributed by atoms with Gasteiger partial charge in [-0.1, -0.05) is 36.4 Å². The molecule has 0 atom stereocenters. The Bertz CT molecular complexity index is 942. The Balaban J connectivity index is 1.90. The van der Waals surface area contributed by atoms with Crippen molar-refractivity contribution in [3.05, 3.63) is 54.1 Å². The zero-order valence-corrected chi connectivity index (χ0v) is 14.3. The van der Waals surface area contributed by atoms with Gasteiger partial charge in [0.05, 0.1) is 11.0 Å². The van der Waals surface area contributed by atoms with Crippen molar-refractivity contribution in [3.63, 3.8) is 0 Å². The highest BCUT2D eigenvalue weighted by atomic mass is 16.6. The van der Waals surface area contributed by atoms with Crippen LogP contribution >= 0.6 is 0 Å². The predicted molar refractivity (Wildman–Crippen MR) is 98.9 cm³/mol. The molecule has 25 heavy (non-hydrogen) atoms. The van der Waals surface area contributed by atoms with Crippen LogP contribution < -0.4 is 15.2 Å². The summed E-state index contributed by atoms with van der Waals surface area (Å²) in [5.41, 5.74) is 10.8. The standard InChI is InChI=1S/C20H21N3O2/c1-13(2)12-23-17-10-19-18(24-7-8-25-19)9-16(17)22-20(23)15-5-3-14(11-21)4-6-15/h3-6,9-10H,1,7-8,11-12,21H2,2H3.